The van der Waals surface area contributed by atoms with E-state index in [1.54, 1.807) is 30.0 Å². The van der Waals surface area contributed by atoms with Crippen LogP contribution in [0.3, 0.4) is 0 Å². The lowest BCUT2D eigenvalue weighted by Gasteiger charge is -2.29. The minimum atomic E-state index is -2.91. The van der Waals surface area contributed by atoms with Crippen LogP contribution in [0.15, 0.2) is 34.9 Å². The molecule has 0 radical (unpaired) electrons. The van der Waals surface area contributed by atoms with Crippen molar-refractivity contribution in [1.82, 2.24) is 15.0 Å². The van der Waals surface area contributed by atoms with Crippen molar-refractivity contribution in [1.29, 1.82) is 0 Å². The number of hydrogen-bond donors (Lipinski definition) is 0. The predicted molar refractivity (Wildman–Crippen MR) is 89.7 cm³/mol. The second-order valence-corrected chi connectivity index (χ2v) is 6.03. The number of alkyl halides is 2. The molecule has 1 amide bonds. The predicted octanol–water partition coefficient (Wildman–Crippen LogP) is 3.40. The molecule has 0 unspecified atom stereocenters. The highest BCUT2D eigenvalue weighted by atomic mass is 19.3. The molecule has 0 N–H and O–H groups in total. The van der Waals surface area contributed by atoms with Crippen LogP contribution >= 0.6 is 0 Å². The minimum Gasteiger partial charge on any atom is -0.434 e. The van der Waals surface area contributed by atoms with E-state index in [1.807, 2.05) is 0 Å². The second kappa shape index (κ2) is 8.07. The Hall–Kier alpha value is -2.77. The Labute approximate surface area is 149 Å². The van der Waals surface area contributed by atoms with Crippen LogP contribution < -0.4 is 4.74 Å². The number of benzene rings is 1. The Kier molecular flexibility index (Phi) is 5.60. The van der Waals surface area contributed by atoms with Gasteiger partial charge in [0.15, 0.2) is 5.82 Å². The number of para-hydroxylation sites is 1. The van der Waals surface area contributed by atoms with E-state index in [4.69, 9.17) is 4.52 Å². The molecule has 0 saturated carbocycles. The highest BCUT2D eigenvalue weighted by Gasteiger charge is 2.26. The van der Waals surface area contributed by atoms with Gasteiger partial charge in [-0.1, -0.05) is 23.4 Å². The largest absolute Gasteiger partial charge is 0.434 e. The molecule has 26 heavy (non-hydrogen) atoms. The Morgan fingerprint density at radius 1 is 1.35 bits per heavy atom. The maximum absolute atomic E-state index is 12.4. The summed E-state index contributed by atoms with van der Waals surface area (Å²) < 4.78 is 34.5. The first-order chi connectivity index (χ1) is 12.5. The van der Waals surface area contributed by atoms with Gasteiger partial charge in [0.1, 0.15) is 5.75 Å². The molecule has 1 aliphatic heterocycles. The number of aryl methyl sites for hydroxylation is 1. The quantitative estimate of drug-likeness (QED) is 0.762. The third-order valence-corrected chi connectivity index (χ3v) is 4.24. The molecular weight excluding hydrogens is 344 g/mol. The first-order valence-corrected chi connectivity index (χ1v) is 8.34. The van der Waals surface area contributed by atoms with Crippen molar-refractivity contribution in [3.05, 3.63) is 47.6 Å². The summed E-state index contributed by atoms with van der Waals surface area (Å²) in [5, 5.41) is 3.79. The molecule has 0 atom stereocenters. The van der Waals surface area contributed by atoms with E-state index in [0.29, 0.717) is 30.4 Å². The molecular formula is C18H19F2N3O3. The summed E-state index contributed by atoms with van der Waals surface area (Å²) in [6, 6.07) is 6.35. The molecule has 1 fully saturated rings. The van der Waals surface area contributed by atoms with Crippen molar-refractivity contribution in [3.8, 4) is 5.75 Å². The van der Waals surface area contributed by atoms with Crippen molar-refractivity contribution in [2.45, 2.75) is 32.3 Å². The van der Waals surface area contributed by atoms with Gasteiger partial charge in [-0.25, -0.2) is 0 Å². The van der Waals surface area contributed by atoms with Crippen LogP contribution in [0.5, 0.6) is 5.75 Å². The van der Waals surface area contributed by atoms with Gasteiger partial charge in [0.25, 0.3) is 0 Å². The molecule has 6 nitrogen and oxygen atoms in total. The number of ether oxygens (including phenoxy) is 1. The van der Waals surface area contributed by atoms with Gasteiger partial charge in [-0.3, -0.25) is 4.79 Å². The second-order valence-electron chi connectivity index (χ2n) is 6.03. The number of piperidine rings is 1. The van der Waals surface area contributed by atoms with Crippen molar-refractivity contribution in [3.63, 3.8) is 0 Å². The van der Waals surface area contributed by atoms with Crippen molar-refractivity contribution >= 4 is 12.0 Å². The fourth-order valence-corrected chi connectivity index (χ4v) is 2.91. The molecule has 138 valence electrons. The van der Waals surface area contributed by atoms with Crippen molar-refractivity contribution < 1.29 is 22.8 Å². The van der Waals surface area contributed by atoms with E-state index >= 15 is 0 Å². The summed E-state index contributed by atoms with van der Waals surface area (Å²) in [6.45, 7) is 0.00799. The zero-order chi connectivity index (χ0) is 18.5. The summed E-state index contributed by atoms with van der Waals surface area (Å²) in [7, 11) is 0. The van der Waals surface area contributed by atoms with Gasteiger partial charge in [-0.15, -0.1) is 0 Å². The summed E-state index contributed by atoms with van der Waals surface area (Å²) in [5.41, 5.74) is 0.428. The topological polar surface area (TPSA) is 68.5 Å². The number of carbonyl (C=O) groups is 1. The standard InChI is InChI=1S/C18H19F2N3O3/c1-12-21-17(26-22-12)14-8-10-23(11-9-14)16(24)7-6-13-4-2-3-5-15(13)25-18(19)20/h2-7,14,18H,8-11H2,1H3/b7-6+. The Balaban J connectivity index is 1.58. The summed E-state index contributed by atoms with van der Waals surface area (Å²) in [5.74, 6) is 1.24. The Morgan fingerprint density at radius 2 is 2.08 bits per heavy atom. The van der Waals surface area contributed by atoms with Gasteiger partial charge >= 0.3 is 6.61 Å². The fraction of sp³-hybridized carbons (Fsp3) is 0.389. The molecule has 1 aromatic carbocycles. The van der Waals surface area contributed by atoms with Crippen molar-refractivity contribution in [2.75, 3.05) is 13.1 Å². The van der Waals surface area contributed by atoms with Crippen LogP contribution in [0.1, 0.15) is 36.0 Å². The summed E-state index contributed by atoms with van der Waals surface area (Å²) >= 11 is 0. The van der Waals surface area contributed by atoms with Crippen LogP contribution in [0.25, 0.3) is 6.08 Å². The van der Waals surface area contributed by atoms with Crippen molar-refractivity contribution in [2.24, 2.45) is 0 Å². The van der Waals surface area contributed by atoms with E-state index in [-0.39, 0.29) is 17.6 Å². The van der Waals surface area contributed by atoms with E-state index < -0.39 is 6.61 Å². The summed E-state index contributed by atoms with van der Waals surface area (Å²) in [4.78, 5) is 18.3. The van der Waals surface area contributed by atoms with E-state index in [1.165, 1.54) is 18.2 Å². The SMILES string of the molecule is Cc1noc(C2CCN(C(=O)/C=C/c3ccccc3OC(F)F)CC2)n1. The number of likely N-dealkylation sites (tertiary alicyclic amines) is 1. The fourth-order valence-electron chi connectivity index (χ4n) is 2.91. The molecule has 1 aromatic heterocycles. The average molecular weight is 363 g/mol. The number of nitrogens with zero attached hydrogens (tertiary/aromatic N) is 3. The molecule has 3 rings (SSSR count). The van der Waals surface area contributed by atoms with E-state index in [0.717, 1.165) is 12.8 Å². The lowest BCUT2D eigenvalue weighted by atomic mass is 9.96. The monoisotopic (exact) mass is 363 g/mol. The lowest BCUT2D eigenvalue weighted by Crippen LogP contribution is -2.36. The van der Waals surface area contributed by atoms with Gasteiger partial charge in [-0.05, 0) is 31.9 Å². The van der Waals surface area contributed by atoms with Crippen LogP contribution in [0, 0.1) is 6.92 Å². The smallest absolute Gasteiger partial charge is 0.387 e. The number of rotatable bonds is 5. The Morgan fingerprint density at radius 3 is 2.73 bits per heavy atom. The first kappa shape index (κ1) is 18.0. The van der Waals surface area contributed by atoms with Crippen LogP contribution in [0.4, 0.5) is 8.78 Å². The van der Waals surface area contributed by atoms with E-state index in [9.17, 15) is 13.6 Å². The van der Waals surface area contributed by atoms with Gasteiger partial charge in [0.05, 0.1) is 0 Å². The van der Waals surface area contributed by atoms with Gasteiger partial charge in [0, 0.05) is 30.6 Å². The number of aromatic nitrogens is 2. The molecule has 0 spiro atoms. The van der Waals surface area contributed by atoms with Gasteiger partial charge in [0.2, 0.25) is 11.8 Å². The zero-order valence-electron chi connectivity index (χ0n) is 14.3. The number of hydrogen-bond acceptors (Lipinski definition) is 5. The Bertz CT molecular complexity index is 783. The normalized spacial score (nSPS) is 15.8. The van der Waals surface area contributed by atoms with Gasteiger partial charge in [-0.2, -0.15) is 13.8 Å². The van der Waals surface area contributed by atoms with Crippen LogP contribution in [-0.2, 0) is 4.79 Å². The number of carbonyl (C=O) groups excluding carboxylic acids is 1. The third kappa shape index (κ3) is 4.44. The van der Waals surface area contributed by atoms with Crippen LogP contribution in [0.2, 0.25) is 0 Å². The maximum atomic E-state index is 12.4. The van der Waals surface area contributed by atoms with E-state index in [2.05, 4.69) is 14.9 Å². The highest BCUT2D eigenvalue weighted by Crippen LogP contribution is 2.27. The minimum absolute atomic E-state index is 0.0389. The number of amides is 1. The molecule has 2 aromatic rings. The zero-order valence-corrected chi connectivity index (χ0v) is 14.3. The lowest BCUT2D eigenvalue weighted by molar-refractivity contribution is -0.127. The molecule has 0 bridgehead atoms. The third-order valence-electron chi connectivity index (χ3n) is 4.24. The first-order valence-electron chi connectivity index (χ1n) is 8.34. The average Bonchev–Trinajstić information content (AvgIpc) is 3.07. The molecule has 2 heterocycles. The molecule has 1 aliphatic rings. The molecule has 8 heteroatoms. The number of halogens is 2. The molecule has 1 saturated heterocycles. The molecule has 0 aliphatic carbocycles. The highest BCUT2D eigenvalue weighted by molar-refractivity contribution is 5.92. The van der Waals surface area contributed by atoms with Crippen LogP contribution in [-0.4, -0.2) is 40.6 Å². The van der Waals surface area contributed by atoms with Gasteiger partial charge < -0.3 is 14.2 Å². The maximum Gasteiger partial charge on any atom is 0.387 e. The summed E-state index contributed by atoms with van der Waals surface area (Å²) in [6.07, 6.45) is 4.36.